The molecule has 7 aromatic carbocycles. The van der Waals surface area contributed by atoms with E-state index < -0.39 is 5.41 Å². The lowest BCUT2D eigenvalue weighted by Gasteiger charge is -2.46. The highest BCUT2D eigenvalue weighted by Crippen LogP contribution is 2.62. The first kappa shape index (κ1) is 31.2. The van der Waals surface area contributed by atoms with Crippen molar-refractivity contribution in [3.63, 3.8) is 0 Å². The van der Waals surface area contributed by atoms with Gasteiger partial charge in [0, 0.05) is 22.2 Å². The molecule has 0 atom stereocenters. The molecule has 3 aliphatic rings. The van der Waals surface area contributed by atoms with E-state index in [1.165, 1.54) is 55.6 Å². The Morgan fingerprint density at radius 3 is 1.91 bits per heavy atom. The first-order valence-electron chi connectivity index (χ1n) is 19.2. The fraction of sp³-hybridized carbons (Fsp3) is 0.115. The van der Waals surface area contributed by atoms with Crippen LogP contribution in [0.25, 0.3) is 38.6 Å². The van der Waals surface area contributed by atoms with E-state index in [4.69, 9.17) is 4.42 Å². The first-order valence-corrected chi connectivity index (χ1v) is 19.2. The van der Waals surface area contributed by atoms with Crippen molar-refractivity contribution in [2.24, 2.45) is 0 Å². The van der Waals surface area contributed by atoms with Crippen LogP contribution < -0.4 is 4.90 Å². The van der Waals surface area contributed by atoms with Crippen LogP contribution >= 0.6 is 0 Å². The minimum Gasteiger partial charge on any atom is -0.456 e. The average molecular weight is 694 g/mol. The molecule has 0 aliphatic heterocycles. The van der Waals surface area contributed by atoms with E-state index in [0.29, 0.717) is 0 Å². The summed E-state index contributed by atoms with van der Waals surface area (Å²) < 4.78 is 6.48. The third kappa shape index (κ3) is 4.23. The second-order valence-electron chi connectivity index (χ2n) is 15.5. The van der Waals surface area contributed by atoms with Crippen molar-refractivity contribution in [1.29, 1.82) is 0 Å². The standard InChI is InChI=1S/C52H39NO/c1-51(2)42-20-9-11-22-44(42)52(45-23-12-10-21-43(45)51)41-19-8-6-17-38(41)39-32-31-37(33-46(39)52)53(36-29-27-35(28-30-36)34-15-4-3-5-16-34)47-24-14-26-49-50(47)40-18-7-13-25-48(40)54-49/h3-4,6-15,17-33H,5,16H2,1-2H3. The van der Waals surface area contributed by atoms with Crippen molar-refractivity contribution in [1.82, 2.24) is 0 Å². The predicted octanol–water partition coefficient (Wildman–Crippen LogP) is 13.8. The van der Waals surface area contributed by atoms with Gasteiger partial charge in [-0.15, -0.1) is 0 Å². The van der Waals surface area contributed by atoms with E-state index in [2.05, 4.69) is 195 Å². The van der Waals surface area contributed by atoms with Crippen LogP contribution in [0.1, 0.15) is 65.6 Å². The minimum atomic E-state index is -0.477. The summed E-state index contributed by atoms with van der Waals surface area (Å²) in [7, 11) is 0. The lowest BCUT2D eigenvalue weighted by molar-refractivity contribution is 0.563. The molecule has 2 heteroatoms. The highest BCUT2D eigenvalue weighted by molar-refractivity contribution is 6.13. The van der Waals surface area contributed by atoms with Crippen LogP contribution in [0.3, 0.4) is 0 Å². The number of nitrogens with zero attached hydrogens (tertiary/aromatic N) is 1. The molecule has 258 valence electrons. The summed E-state index contributed by atoms with van der Waals surface area (Å²) in [6, 6.07) is 58.7. The Bertz CT molecular complexity index is 2810. The summed E-state index contributed by atoms with van der Waals surface area (Å²) in [6.45, 7) is 4.77. The van der Waals surface area contributed by atoms with Crippen LogP contribution in [0.5, 0.6) is 0 Å². The Labute approximate surface area is 316 Å². The number of fused-ring (bicyclic) bond motifs is 12. The van der Waals surface area contributed by atoms with Gasteiger partial charge in [-0.05, 0) is 111 Å². The molecule has 0 bridgehead atoms. The Balaban J connectivity index is 1.21. The molecule has 3 aliphatic carbocycles. The molecule has 0 saturated carbocycles. The molecule has 0 saturated heterocycles. The maximum absolute atomic E-state index is 6.48. The average Bonchev–Trinajstić information content (AvgIpc) is 3.75. The Morgan fingerprint density at radius 2 is 1.17 bits per heavy atom. The second-order valence-corrected chi connectivity index (χ2v) is 15.5. The third-order valence-corrected chi connectivity index (χ3v) is 12.4. The van der Waals surface area contributed by atoms with Crippen molar-refractivity contribution < 1.29 is 4.42 Å². The number of anilines is 3. The van der Waals surface area contributed by atoms with Crippen LogP contribution in [-0.2, 0) is 10.8 Å². The maximum Gasteiger partial charge on any atom is 0.137 e. The number of hydrogen-bond donors (Lipinski definition) is 0. The van der Waals surface area contributed by atoms with Gasteiger partial charge in [0.05, 0.1) is 16.5 Å². The highest BCUT2D eigenvalue weighted by atomic mass is 16.3. The van der Waals surface area contributed by atoms with Gasteiger partial charge in [0.25, 0.3) is 0 Å². The summed E-state index contributed by atoms with van der Waals surface area (Å²) in [4.78, 5) is 2.45. The lowest BCUT2D eigenvalue weighted by atomic mass is 9.55. The van der Waals surface area contributed by atoms with Crippen LogP contribution in [0, 0.1) is 0 Å². The summed E-state index contributed by atoms with van der Waals surface area (Å²) in [6.07, 6.45) is 8.84. The van der Waals surface area contributed by atoms with Gasteiger partial charge in [0.2, 0.25) is 0 Å². The van der Waals surface area contributed by atoms with Gasteiger partial charge in [0.1, 0.15) is 11.2 Å². The minimum absolute atomic E-state index is 0.150. The molecule has 1 aromatic heterocycles. The topological polar surface area (TPSA) is 16.4 Å². The van der Waals surface area contributed by atoms with Gasteiger partial charge in [-0.25, -0.2) is 0 Å². The van der Waals surface area contributed by atoms with Crippen LogP contribution in [0.2, 0.25) is 0 Å². The van der Waals surface area contributed by atoms with Crippen LogP contribution in [-0.4, -0.2) is 0 Å². The number of rotatable bonds is 4. The lowest BCUT2D eigenvalue weighted by Crippen LogP contribution is -2.40. The fourth-order valence-corrected chi connectivity index (χ4v) is 10.0. The van der Waals surface area contributed by atoms with Crippen molar-refractivity contribution in [2.45, 2.75) is 37.5 Å². The van der Waals surface area contributed by atoms with Gasteiger partial charge >= 0.3 is 0 Å². The van der Waals surface area contributed by atoms with E-state index in [1.807, 2.05) is 0 Å². The molecule has 0 N–H and O–H groups in total. The van der Waals surface area contributed by atoms with Crippen molar-refractivity contribution in [3.05, 3.63) is 215 Å². The summed E-state index contributed by atoms with van der Waals surface area (Å²) in [5.74, 6) is 0. The molecular weight excluding hydrogens is 655 g/mol. The van der Waals surface area contributed by atoms with E-state index in [1.54, 1.807) is 0 Å². The van der Waals surface area contributed by atoms with E-state index in [-0.39, 0.29) is 5.41 Å². The van der Waals surface area contributed by atoms with Gasteiger partial charge in [-0.2, -0.15) is 0 Å². The summed E-state index contributed by atoms with van der Waals surface area (Å²) in [5.41, 5.74) is 17.9. The first-order chi connectivity index (χ1) is 26.5. The predicted molar refractivity (Wildman–Crippen MR) is 224 cm³/mol. The third-order valence-electron chi connectivity index (χ3n) is 12.4. The normalized spacial score (nSPS) is 15.8. The quantitative estimate of drug-likeness (QED) is 0.182. The van der Waals surface area contributed by atoms with Crippen molar-refractivity contribution in [2.75, 3.05) is 4.90 Å². The number of benzene rings is 7. The smallest absolute Gasteiger partial charge is 0.137 e. The van der Waals surface area contributed by atoms with Crippen LogP contribution in [0.15, 0.2) is 180 Å². The molecule has 0 fully saturated rings. The van der Waals surface area contributed by atoms with Gasteiger partial charge in [-0.1, -0.05) is 147 Å². The molecule has 2 nitrogen and oxygen atoms in total. The Kier molecular flexibility index (Phi) is 6.67. The SMILES string of the molecule is CC1(C)c2ccccc2C2(c3ccccc3-c3ccc(N(c4ccc(C5=CC=CCC5)cc4)c4cccc5oc6ccccc6c45)cc32)c2ccccc21. The second kappa shape index (κ2) is 11.6. The molecule has 0 radical (unpaired) electrons. The number of hydrogen-bond acceptors (Lipinski definition) is 2. The van der Waals surface area contributed by atoms with Gasteiger partial charge in [0.15, 0.2) is 0 Å². The number of allylic oxidation sites excluding steroid dienone is 4. The molecule has 54 heavy (non-hydrogen) atoms. The van der Waals surface area contributed by atoms with E-state index >= 15 is 0 Å². The van der Waals surface area contributed by atoms with Crippen LogP contribution in [0.4, 0.5) is 17.1 Å². The van der Waals surface area contributed by atoms with E-state index in [9.17, 15) is 0 Å². The molecule has 1 heterocycles. The number of para-hydroxylation sites is 1. The molecule has 0 unspecified atom stereocenters. The van der Waals surface area contributed by atoms with Gasteiger partial charge in [-0.3, -0.25) is 0 Å². The van der Waals surface area contributed by atoms with Gasteiger partial charge < -0.3 is 9.32 Å². The Hall–Kier alpha value is -6.38. The molecule has 0 amide bonds. The highest BCUT2D eigenvalue weighted by Gasteiger charge is 2.53. The summed E-state index contributed by atoms with van der Waals surface area (Å²) >= 11 is 0. The van der Waals surface area contributed by atoms with Crippen molar-refractivity contribution >= 4 is 44.6 Å². The van der Waals surface area contributed by atoms with E-state index in [0.717, 1.165) is 51.8 Å². The zero-order valence-electron chi connectivity index (χ0n) is 30.5. The monoisotopic (exact) mass is 693 g/mol. The maximum atomic E-state index is 6.48. The number of furan rings is 1. The molecule has 8 aromatic rings. The molecule has 11 rings (SSSR count). The largest absolute Gasteiger partial charge is 0.456 e. The molecule has 1 spiro atoms. The fourth-order valence-electron chi connectivity index (χ4n) is 10.0. The zero-order valence-corrected chi connectivity index (χ0v) is 30.5. The molecular formula is C52H39NO. The van der Waals surface area contributed by atoms with Crippen molar-refractivity contribution in [3.8, 4) is 11.1 Å². The zero-order chi connectivity index (χ0) is 36.0. The summed E-state index contributed by atoms with van der Waals surface area (Å²) in [5, 5.41) is 2.23. The Morgan fingerprint density at radius 1 is 0.537 bits per heavy atom.